The molecule has 0 bridgehead atoms. The summed E-state index contributed by atoms with van der Waals surface area (Å²) in [6.45, 7) is 8.58. The van der Waals surface area contributed by atoms with Gasteiger partial charge in [-0.15, -0.1) is 0 Å². The van der Waals surface area contributed by atoms with Crippen LogP contribution >= 0.6 is 0 Å². The van der Waals surface area contributed by atoms with Crippen LogP contribution < -0.4 is 5.32 Å². The summed E-state index contributed by atoms with van der Waals surface area (Å²) >= 11 is 0. The Morgan fingerprint density at radius 1 is 1.20 bits per heavy atom. The van der Waals surface area contributed by atoms with Gasteiger partial charge in [-0.2, -0.15) is 0 Å². The Balaban J connectivity index is 1.97. The molecule has 0 aromatic heterocycles. The molecule has 1 N–H and O–H groups in total. The first kappa shape index (κ1) is 19.3. The summed E-state index contributed by atoms with van der Waals surface area (Å²) < 4.78 is 18.2. The van der Waals surface area contributed by atoms with E-state index in [2.05, 4.69) is 5.32 Å². The minimum Gasteiger partial charge on any atom is -0.379 e. The molecule has 2 amide bonds. The third-order valence-electron chi connectivity index (χ3n) is 4.00. The Kier molecular flexibility index (Phi) is 6.50. The highest BCUT2D eigenvalue weighted by atomic mass is 19.1. The first-order chi connectivity index (χ1) is 11.8. The molecule has 1 heterocycles. The van der Waals surface area contributed by atoms with Crippen molar-refractivity contribution in [2.75, 3.05) is 44.7 Å². The van der Waals surface area contributed by atoms with Crippen molar-refractivity contribution >= 4 is 17.5 Å². The zero-order chi connectivity index (χ0) is 18.4. The second-order valence-corrected chi connectivity index (χ2v) is 7.09. The van der Waals surface area contributed by atoms with Gasteiger partial charge >= 0.3 is 0 Å². The maximum Gasteiger partial charge on any atom is 0.244 e. The van der Waals surface area contributed by atoms with Crippen molar-refractivity contribution in [1.82, 2.24) is 9.80 Å². The molecule has 6 nitrogen and oxygen atoms in total. The smallest absolute Gasteiger partial charge is 0.244 e. The summed E-state index contributed by atoms with van der Waals surface area (Å²) in [5.74, 6) is -0.768. The van der Waals surface area contributed by atoms with Crippen molar-refractivity contribution in [1.29, 1.82) is 0 Å². The summed E-state index contributed by atoms with van der Waals surface area (Å²) in [6, 6.07) is 5.54. The molecule has 138 valence electrons. The van der Waals surface area contributed by atoms with Crippen LogP contribution in [0, 0.1) is 5.82 Å². The molecule has 2 rings (SSSR count). The van der Waals surface area contributed by atoms with E-state index in [-0.39, 0.29) is 30.7 Å². The highest BCUT2D eigenvalue weighted by Gasteiger charge is 2.29. The molecule has 1 aliphatic rings. The molecule has 0 spiro atoms. The van der Waals surface area contributed by atoms with Gasteiger partial charge < -0.3 is 15.0 Å². The fourth-order valence-corrected chi connectivity index (χ4v) is 2.61. The van der Waals surface area contributed by atoms with Gasteiger partial charge in [0, 0.05) is 24.3 Å². The average Bonchev–Trinajstić information content (AvgIpc) is 2.54. The zero-order valence-electron chi connectivity index (χ0n) is 15.0. The largest absolute Gasteiger partial charge is 0.379 e. The number of morpholine rings is 1. The summed E-state index contributed by atoms with van der Waals surface area (Å²) in [7, 11) is 0. The number of nitrogens with one attached hydrogen (secondary N) is 1. The van der Waals surface area contributed by atoms with Crippen LogP contribution in [0.4, 0.5) is 10.1 Å². The number of nitrogens with zero attached hydrogens (tertiary/aromatic N) is 2. The molecule has 1 saturated heterocycles. The van der Waals surface area contributed by atoms with E-state index in [4.69, 9.17) is 4.74 Å². The van der Waals surface area contributed by atoms with Crippen LogP contribution in [0.5, 0.6) is 0 Å². The van der Waals surface area contributed by atoms with E-state index in [1.54, 1.807) is 4.90 Å². The van der Waals surface area contributed by atoms with Crippen molar-refractivity contribution in [3.63, 3.8) is 0 Å². The van der Waals surface area contributed by atoms with E-state index in [1.165, 1.54) is 24.3 Å². The molecule has 0 unspecified atom stereocenters. The Hall–Kier alpha value is -1.99. The maximum atomic E-state index is 12.9. The zero-order valence-corrected chi connectivity index (χ0v) is 15.0. The molecule has 1 aromatic rings. The summed E-state index contributed by atoms with van der Waals surface area (Å²) in [4.78, 5) is 28.6. The lowest BCUT2D eigenvalue weighted by Crippen LogP contribution is -2.53. The van der Waals surface area contributed by atoms with E-state index < -0.39 is 5.54 Å². The Morgan fingerprint density at radius 3 is 2.36 bits per heavy atom. The monoisotopic (exact) mass is 351 g/mol. The molecule has 0 atom stereocenters. The number of carbonyl (C=O) groups is 2. The van der Waals surface area contributed by atoms with Crippen LogP contribution in [-0.2, 0) is 14.3 Å². The quantitative estimate of drug-likeness (QED) is 0.878. The van der Waals surface area contributed by atoms with Gasteiger partial charge in [-0.25, -0.2) is 4.39 Å². The van der Waals surface area contributed by atoms with Gasteiger partial charge in [0.05, 0.1) is 19.8 Å². The lowest BCUT2D eigenvalue weighted by Gasteiger charge is -2.37. The highest BCUT2D eigenvalue weighted by Crippen LogP contribution is 2.15. The molecular formula is C18H26FN3O3. The first-order valence-corrected chi connectivity index (χ1v) is 8.42. The van der Waals surface area contributed by atoms with Crippen LogP contribution in [0.15, 0.2) is 24.3 Å². The Morgan fingerprint density at radius 2 is 1.80 bits per heavy atom. The molecule has 7 heteroatoms. The van der Waals surface area contributed by atoms with Crippen LogP contribution in [0.1, 0.15) is 20.8 Å². The Bertz CT molecular complexity index is 593. The van der Waals surface area contributed by atoms with E-state index >= 15 is 0 Å². The molecule has 0 radical (unpaired) electrons. The van der Waals surface area contributed by atoms with E-state index in [1.807, 2.05) is 25.7 Å². The normalized spacial score (nSPS) is 15.7. The molecule has 0 saturated carbocycles. The fraction of sp³-hybridized carbons (Fsp3) is 0.556. The van der Waals surface area contributed by atoms with Gasteiger partial charge in [-0.3, -0.25) is 14.5 Å². The maximum absolute atomic E-state index is 12.9. The predicted molar refractivity (Wildman–Crippen MR) is 93.8 cm³/mol. The van der Waals surface area contributed by atoms with E-state index in [0.29, 0.717) is 32.0 Å². The van der Waals surface area contributed by atoms with Crippen molar-refractivity contribution in [2.24, 2.45) is 0 Å². The standard InChI is InChI=1S/C18H26FN3O3/c1-18(2,3)22(17(24)13-21-8-10-25-11-9-21)12-16(23)20-15-6-4-14(19)5-7-15/h4-7H,8-13H2,1-3H3,(H,20,23). The lowest BCUT2D eigenvalue weighted by atomic mass is 10.1. The van der Waals surface area contributed by atoms with Crippen LogP contribution in [-0.4, -0.2) is 66.5 Å². The third kappa shape index (κ3) is 6.10. The second kappa shape index (κ2) is 8.40. The lowest BCUT2D eigenvalue weighted by molar-refractivity contribution is -0.141. The van der Waals surface area contributed by atoms with E-state index in [0.717, 1.165) is 0 Å². The van der Waals surface area contributed by atoms with Crippen molar-refractivity contribution in [2.45, 2.75) is 26.3 Å². The number of anilines is 1. The van der Waals surface area contributed by atoms with Gasteiger partial charge in [-0.05, 0) is 45.0 Å². The third-order valence-corrected chi connectivity index (χ3v) is 4.00. The molecule has 25 heavy (non-hydrogen) atoms. The minimum absolute atomic E-state index is 0.0515. The second-order valence-electron chi connectivity index (χ2n) is 7.09. The predicted octanol–water partition coefficient (Wildman–Crippen LogP) is 1.72. The number of rotatable bonds is 5. The molecular weight excluding hydrogens is 325 g/mol. The number of hydrogen-bond acceptors (Lipinski definition) is 4. The number of carbonyl (C=O) groups excluding carboxylic acids is 2. The summed E-state index contributed by atoms with van der Waals surface area (Å²) in [6.07, 6.45) is 0. The first-order valence-electron chi connectivity index (χ1n) is 8.42. The van der Waals surface area contributed by atoms with Crippen molar-refractivity contribution in [3.8, 4) is 0 Å². The topological polar surface area (TPSA) is 61.9 Å². The number of hydrogen-bond donors (Lipinski definition) is 1. The molecule has 1 fully saturated rings. The van der Waals surface area contributed by atoms with Gasteiger partial charge in [0.25, 0.3) is 0 Å². The summed E-state index contributed by atoms with van der Waals surface area (Å²) in [5, 5.41) is 2.70. The van der Waals surface area contributed by atoms with Gasteiger partial charge in [0.15, 0.2) is 0 Å². The van der Waals surface area contributed by atoms with Gasteiger partial charge in [0.1, 0.15) is 12.4 Å². The van der Waals surface area contributed by atoms with Gasteiger partial charge in [-0.1, -0.05) is 0 Å². The fourth-order valence-electron chi connectivity index (χ4n) is 2.61. The van der Waals surface area contributed by atoms with E-state index in [9.17, 15) is 14.0 Å². The van der Waals surface area contributed by atoms with Crippen molar-refractivity contribution < 1.29 is 18.7 Å². The highest BCUT2D eigenvalue weighted by molar-refractivity contribution is 5.95. The number of amides is 2. The summed E-state index contributed by atoms with van der Waals surface area (Å²) in [5.41, 5.74) is 0.0182. The number of ether oxygens (including phenoxy) is 1. The van der Waals surface area contributed by atoms with Crippen LogP contribution in [0.3, 0.4) is 0 Å². The minimum atomic E-state index is -0.483. The van der Waals surface area contributed by atoms with Gasteiger partial charge in [0.2, 0.25) is 11.8 Å². The average molecular weight is 351 g/mol. The Labute approximate surface area is 147 Å². The molecule has 1 aliphatic heterocycles. The van der Waals surface area contributed by atoms with Crippen LogP contribution in [0.2, 0.25) is 0 Å². The molecule has 1 aromatic carbocycles. The number of halogens is 1. The van der Waals surface area contributed by atoms with Crippen LogP contribution in [0.25, 0.3) is 0 Å². The van der Waals surface area contributed by atoms with Crippen molar-refractivity contribution in [3.05, 3.63) is 30.1 Å². The SMILES string of the molecule is CC(C)(C)N(CC(=O)Nc1ccc(F)cc1)C(=O)CN1CCOCC1. The number of benzene rings is 1. The molecule has 0 aliphatic carbocycles.